The highest BCUT2D eigenvalue weighted by atomic mass is 16.6. The van der Waals surface area contributed by atoms with E-state index in [9.17, 15) is 34.4 Å². The highest BCUT2D eigenvalue weighted by molar-refractivity contribution is 6.25. The van der Waals surface area contributed by atoms with Crippen molar-refractivity contribution in [2.24, 2.45) is 11.1 Å². The third kappa shape index (κ3) is 2.92. The Hall–Kier alpha value is -3.30. The van der Waals surface area contributed by atoms with Crippen molar-refractivity contribution in [3.05, 3.63) is 39.4 Å². The molecule has 1 heterocycles. The summed E-state index contributed by atoms with van der Waals surface area (Å²) in [4.78, 5) is 60.5. The van der Waals surface area contributed by atoms with Gasteiger partial charge in [0.15, 0.2) is 5.54 Å². The number of hydrogen-bond acceptors (Lipinski definition) is 6. The van der Waals surface area contributed by atoms with Crippen molar-refractivity contribution in [3.63, 3.8) is 0 Å². The molecule has 0 radical (unpaired) electrons. The molecular formula is C17H19N3O7. The summed E-state index contributed by atoms with van der Waals surface area (Å²) in [6.45, 7) is 4.50. The number of nitrogens with zero attached hydrogens (tertiary/aromatic N) is 2. The van der Waals surface area contributed by atoms with E-state index in [1.165, 1.54) is 32.9 Å². The minimum absolute atomic E-state index is 0.247. The van der Waals surface area contributed by atoms with Crippen LogP contribution >= 0.6 is 0 Å². The van der Waals surface area contributed by atoms with Crippen LogP contribution in [0.1, 0.15) is 54.3 Å². The first-order valence-corrected chi connectivity index (χ1v) is 8.04. The molecule has 1 atom stereocenters. The van der Waals surface area contributed by atoms with E-state index in [0.717, 1.165) is 6.07 Å². The number of nitrogens with two attached hydrogens (primary N) is 1. The molecule has 0 saturated carbocycles. The molecular weight excluding hydrogens is 358 g/mol. The van der Waals surface area contributed by atoms with Crippen LogP contribution in [-0.4, -0.2) is 44.2 Å². The van der Waals surface area contributed by atoms with Crippen molar-refractivity contribution in [2.75, 3.05) is 0 Å². The van der Waals surface area contributed by atoms with Gasteiger partial charge in [0.1, 0.15) is 5.56 Å². The molecule has 1 aromatic rings. The van der Waals surface area contributed by atoms with E-state index in [4.69, 9.17) is 5.73 Å². The maximum absolute atomic E-state index is 13.0. The molecule has 3 amide bonds. The fraction of sp³-hybridized carbons (Fsp3) is 0.412. The first kappa shape index (κ1) is 20.0. The molecule has 0 bridgehead atoms. The normalized spacial score (nSPS) is 16.0. The number of imide groups is 1. The second-order valence-electron chi connectivity index (χ2n) is 7.28. The number of hydrogen-bond donors (Lipinski definition) is 2. The number of nitro benzene ring substituents is 1. The number of primary amides is 1. The number of amides is 3. The maximum atomic E-state index is 13.0. The fourth-order valence-corrected chi connectivity index (χ4v) is 3.42. The van der Waals surface area contributed by atoms with Crippen molar-refractivity contribution in [1.82, 2.24) is 4.90 Å². The van der Waals surface area contributed by atoms with Gasteiger partial charge in [-0.05, 0) is 17.9 Å². The molecule has 0 saturated heterocycles. The van der Waals surface area contributed by atoms with Crippen LogP contribution in [-0.2, 0) is 9.59 Å². The van der Waals surface area contributed by atoms with Crippen LogP contribution in [0.15, 0.2) is 18.2 Å². The van der Waals surface area contributed by atoms with Crippen LogP contribution in [0.25, 0.3) is 0 Å². The lowest BCUT2D eigenvalue weighted by Gasteiger charge is -2.46. The Morgan fingerprint density at radius 2 is 1.81 bits per heavy atom. The van der Waals surface area contributed by atoms with Gasteiger partial charge >= 0.3 is 5.97 Å². The molecule has 3 N–H and O–H groups in total. The third-order valence-corrected chi connectivity index (χ3v) is 4.80. The Morgan fingerprint density at radius 1 is 1.22 bits per heavy atom. The molecule has 1 aliphatic rings. The number of benzene rings is 1. The van der Waals surface area contributed by atoms with E-state index in [0.29, 0.717) is 4.90 Å². The fourth-order valence-electron chi connectivity index (χ4n) is 3.42. The highest BCUT2D eigenvalue weighted by Gasteiger charge is 2.60. The van der Waals surface area contributed by atoms with Gasteiger partial charge in [-0.1, -0.05) is 26.8 Å². The number of carbonyl (C=O) groups excluding carboxylic acids is 3. The van der Waals surface area contributed by atoms with Gasteiger partial charge in [0.25, 0.3) is 17.5 Å². The average Bonchev–Trinajstić information content (AvgIpc) is 2.79. The lowest BCUT2D eigenvalue weighted by molar-refractivity contribution is -0.385. The molecule has 2 rings (SSSR count). The van der Waals surface area contributed by atoms with Crippen LogP contribution in [0.4, 0.5) is 5.69 Å². The van der Waals surface area contributed by atoms with E-state index in [1.54, 1.807) is 0 Å². The van der Waals surface area contributed by atoms with E-state index in [-0.39, 0.29) is 12.0 Å². The second kappa shape index (κ2) is 6.45. The monoisotopic (exact) mass is 377 g/mol. The zero-order valence-electron chi connectivity index (χ0n) is 15.0. The van der Waals surface area contributed by atoms with Crippen molar-refractivity contribution in [3.8, 4) is 0 Å². The van der Waals surface area contributed by atoms with Crippen molar-refractivity contribution in [1.29, 1.82) is 0 Å². The summed E-state index contributed by atoms with van der Waals surface area (Å²) in [6, 6.07) is 3.54. The predicted molar refractivity (Wildman–Crippen MR) is 91.8 cm³/mol. The number of carbonyl (C=O) groups is 4. The van der Waals surface area contributed by atoms with E-state index < -0.39 is 57.2 Å². The first-order chi connectivity index (χ1) is 12.4. The summed E-state index contributed by atoms with van der Waals surface area (Å²) in [7, 11) is 0. The zero-order valence-corrected chi connectivity index (χ0v) is 15.0. The van der Waals surface area contributed by atoms with Gasteiger partial charge in [-0.2, -0.15) is 0 Å². The summed E-state index contributed by atoms with van der Waals surface area (Å²) in [6.07, 6.45) is -0.806. The summed E-state index contributed by atoms with van der Waals surface area (Å²) in [5.41, 5.74) is 0.539. The number of rotatable bonds is 6. The van der Waals surface area contributed by atoms with Crippen LogP contribution in [0, 0.1) is 15.5 Å². The average molecular weight is 377 g/mol. The molecule has 27 heavy (non-hydrogen) atoms. The molecule has 1 unspecified atom stereocenters. The second-order valence-corrected chi connectivity index (χ2v) is 7.28. The Morgan fingerprint density at radius 3 is 2.26 bits per heavy atom. The van der Waals surface area contributed by atoms with Crippen LogP contribution in [0.5, 0.6) is 0 Å². The first-order valence-electron chi connectivity index (χ1n) is 8.04. The number of carboxylic acids is 1. The van der Waals surface area contributed by atoms with Crippen LogP contribution < -0.4 is 5.73 Å². The summed E-state index contributed by atoms with van der Waals surface area (Å²) >= 11 is 0. The summed E-state index contributed by atoms with van der Waals surface area (Å²) < 4.78 is 0. The molecule has 10 heteroatoms. The Bertz CT molecular complexity index is 872. The zero-order chi connectivity index (χ0) is 20.7. The standard InChI is InChI=1S/C17H19N3O7/c1-16(2,3)17(15(24)25,8-7-11(18)21)19-13(22)9-5-4-6-10(20(26)27)12(9)14(19)23/h4-6H,7-8H2,1-3H3,(H2,18,21)(H,24,25). The minimum atomic E-state index is -2.12. The number of carboxylic acid groups (broad SMARTS) is 1. The van der Waals surface area contributed by atoms with Gasteiger partial charge in [-0.25, -0.2) is 4.79 Å². The lowest BCUT2D eigenvalue weighted by atomic mass is 9.69. The number of nitro groups is 1. The van der Waals surface area contributed by atoms with Crippen LogP contribution in [0.2, 0.25) is 0 Å². The molecule has 0 aromatic heterocycles. The highest BCUT2D eigenvalue weighted by Crippen LogP contribution is 2.45. The predicted octanol–water partition coefficient (Wildman–Crippen LogP) is 1.33. The minimum Gasteiger partial charge on any atom is -0.479 e. The number of fused-ring (bicyclic) bond motifs is 1. The SMILES string of the molecule is CC(C)(C)C(CCC(N)=O)(C(=O)O)N1C(=O)c2cccc([N+](=O)[O-])c2C1=O. The van der Waals surface area contributed by atoms with E-state index in [1.807, 2.05) is 0 Å². The topological polar surface area (TPSA) is 161 Å². The lowest BCUT2D eigenvalue weighted by Crippen LogP contribution is -2.64. The molecule has 144 valence electrons. The van der Waals surface area contributed by atoms with Gasteiger partial charge in [-0.15, -0.1) is 0 Å². The van der Waals surface area contributed by atoms with E-state index in [2.05, 4.69) is 0 Å². The third-order valence-electron chi connectivity index (χ3n) is 4.80. The molecule has 0 aliphatic carbocycles. The molecule has 0 fully saturated rings. The van der Waals surface area contributed by atoms with Gasteiger partial charge in [0.2, 0.25) is 5.91 Å². The van der Waals surface area contributed by atoms with Gasteiger partial charge in [0.05, 0.1) is 10.5 Å². The Balaban J connectivity index is 2.74. The summed E-state index contributed by atoms with van der Waals surface area (Å²) in [5, 5.41) is 21.3. The van der Waals surface area contributed by atoms with E-state index >= 15 is 0 Å². The largest absolute Gasteiger partial charge is 0.479 e. The Labute approximate surface area is 154 Å². The molecule has 1 aliphatic heterocycles. The quantitative estimate of drug-likeness (QED) is 0.429. The van der Waals surface area contributed by atoms with Crippen LogP contribution in [0.3, 0.4) is 0 Å². The summed E-state index contributed by atoms with van der Waals surface area (Å²) in [5.74, 6) is -4.34. The van der Waals surface area contributed by atoms with Gasteiger partial charge in [0, 0.05) is 12.5 Å². The maximum Gasteiger partial charge on any atom is 0.330 e. The van der Waals surface area contributed by atoms with Crippen molar-refractivity contribution in [2.45, 2.75) is 39.2 Å². The molecule has 0 spiro atoms. The molecule has 1 aromatic carbocycles. The Kier molecular flexibility index (Phi) is 4.78. The van der Waals surface area contributed by atoms with Crippen molar-refractivity contribution < 1.29 is 29.2 Å². The molecule has 10 nitrogen and oxygen atoms in total. The number of aliphatic carboxylic acids is 1. The van der Waals surface area contributed by atoms with Gasteiger partial charge in [-0.3, -0.25) is 29.4 Å². The van der Waals surface area contributed by atoms with Crippen molar-refractivity contribution >= 4 is 29.4 Å². The van der Waals surface area contributed by atoms with Gasteiger partial charge < -0.3 is 10.8 Å². The smallest absolute Gasteiger partial charge is 0.330 e.